The number of benzene rings is 2. The monoisotopic (exact) mass is 350 g/mol. The first-order chi connectivity index (χ1) is 12.4. The van der Waals surface area contributed by atoms with Gasteiger partial charge in [-0.05, 0) is 37.1 Å². The summed E-state index contributed by atoms with van der Waals surface area (Å²) in [6.07, 6.45) is 0.118. The normalized spacial score (nSPS) is 13.1. The molecule has 134 valence electrons. The van der Waals surface area contributed by atoms with Crippen LogP contribution >= 0.6 is 0 Å². The molecule has 0 aliphatic carbocycles. The summed E-state index contributed by atoms with van der Waals surface area (Å²) in [6.45, 7) is 4.49. The van der Waals surface area contributed by atoms with E-state index in [0.717, 1.165) is 16.7 Å². The maximum absolute atomic E-state index is 12.5. The number of amides is 3. The first-order valence-electron chi connectivity index (χ1n) is 8.64. The van der Waals surface area contributed by atoms with Crippen LogP contribution in [0.1, 0.15) is 43.8 Å². The van der Waals surface area contributed by atoms with E-state index in [2.05, 4.69) is 0 Å². The lowest BCUT2D eigenvalue weighted by molar-refractivity contribution is -0.130. The van der Waals surface area contributed by atoms with Gasteiger partial charge in [-0.25, -0.2) is 0 Å². The summed E-state index contributed by atoms with van der Waals surface area (Å²) in [7, 11) is 1.74. The number of nitrogens with zero attached hydrogens (tertiary/aromatic N) is 2. The van der Waals surface area contributed by atoms with Crippen molar-refractivity contribution >= 4 is 17.7 Å². The van der Waals surface area contributed by atoms with Gasteiger partial charge in [0, 0.05) is 26.6 Å². The molecule has 2 aromatic carbocycles. The lowest BCUT2D eigenvalue weighted by Gasteiger charge is -2.20. The number of aryl methyl sites for hydroxylation is 2. The van der Waals surface area contributed by atoms with Gasteiger partial charge in [0.25, 0.3) is 11.8 Å². The molecule has 5 nitrogen and oxygen atoms in total. The number of hydrogen-bond acceptors (Lipinski definition) is 3. The largest absolute Gasteiger partial charge is 0.341 e. The summed E-state index contributed by atoms with van der Waals surface area (Å²) in [5.74, 6) is -0.733. The van der Waals surface area contributed by atoms with E-state index in [-0.39, 0.29) is 30.7 Å². The molecule has 0 radical (unpaired) electrons. The van der Waals surface area contributed by atoms with Crippen molar-refractivity contribution in [2.75, 3.05) is 13.6 Å². The van der Waals surface area contributed by atoms with Gasteiger partial charge in [-0.3, -0.25) is 19.3 Å². The van der Waals surface area contributed by atoms with Crippen LogP contribution in [-0.4, -0.2) is 41.1 Å². The standard InChI is InChI=1S/C21H22N2O3/c1-14-8-9-17-18(12-14)21(26)23(20(17)25)11-10-19(24)22(3)13-16-7-5-4-6-15(16)2/h4-9,12H,10-11,13H2,1-3H3. The Bertz CT molecular complexity index is 889. The highest BCUT2D eigenvalue weighted by Gasteiger charge is 2.35. The van der Waals surface area contributed by atoms with E-state index >= 15 is 0 Å². The SMILES string of the molecule is Cc1ccc2c(c1)C(=O)N(CCC(=O)N(C)Cc1ccccc1C)C2=O. The summed E-state index contributed by atoms with van der Waals surface area (Å²) < 4.78 is 0. The van der Waals surface area contributed by atoms with Crippen LogP contribution in [0.15, 0.2) is 42.5 Å². The zero-order valence-electron chi connectivity index (χ0n) is 15.3. The third-order valence-corrected chi connectivity index (χ3v) is 4.77. The predicted molar refractivity (Wildman–Crippen MR) is 98.8 cm³/mol. The van der Waals surface area contributed by atoms with Gasteiger partial charge in [-0.2, -0.15) is 0 Å². The van der Waals surface area contributed by atoms with Crippen molar-refractivity contribution in [3.8, 4) is 0 Å². The minimum atomic E-state index is -0.320. The second-order valence-electron chi connectivity index (χ2n) is 6.74. The average molecular weight is 350 g/mol. The average Bonchev–Trinajstić information content (AvgIpc) is 2.85. The molecule has 0 atom stereocenters. The van der Waals surface area contributed by atoms with Crippen molar-refractivity contribution in [3.63, 3.8) is 0 Å². The number of imide groups is 1. The van der Waals surface area contributed by atoms with Gasteiger partial charge in [0.1, 0.15) is 0 Å². The Balaban J connectivity index is 1.62. The van der Waals surface area contributed by atoms with E-state index in [0.29, 0.717) is 17.7 Å². The molecular weight excluding hydrogens is 328 g/mol. The van der Waals surface area contributed by atoms with Crippen molar-refractivity contribution in [3.05, 3.63) is 70.3 Å². The maximum Gasteiger partial charge on any atom is 0.261 e. The topological polar surface area (TPSA) is 57.7 Å². The highest BCUT2D eigenvalue weighted by molar-refractivity contribution is 6.21. The molecule has 0 aromatic heterocycles. The molecule has 1 aliphatic heterocycles. The summed E-state index contributed by atoms with van der Waals surface area (Å²) in [6, 6.07) is 13.1. The van der Waals surface area contributed by atoms with Gasteiger partial charge in [0.2, 0.25) is 5.91 Å². The summed E-state index contributed by atoms with van der Waals surface area (Å²) >= 11 is 0. The zero-order chi connectivity index (χ0) is 18.8. The molecule has 1 heterocycles. The Morgan fingerprint density at radius 1 is 1.00 bits per heavy atom. The van der Waals surface area contributed by atoms with Gasteiger partial charge in [-0.1, -0.05) is 35.9 Å². The minimum Gasteiger partial charge on any atom is -0.341 e. The van der Waals surface area contributed by atoms with Gasteiger partial charge < -0.3 is 4.90 Å². The third kappa shape index (κ3) is 3.38. The molecule has 1 aliphatic rings. The number of fused-ring (bicyclic) bond motifs is 1. The fourth-order valence-electron chi connectivity index (χ4n) is 3.14. The fraction of sp³-hybridized carbons (Fsp3) is 0.286. The Labute approximate surface area is 153 Å². The van der Waals surface area contributed by atoms with Crippen molar-refractivity contribution in [2.45, 2.75) is 26.8 Å². The first kappa shape index (κ1) is 17.9. The third-order valence-electron chi connectivity index (χ3n) is 4.77. The van der Waals surface area contributed by atoms with Crippen LogP contribution in [0.25, 0.3) is 0 Å². The van der Waals surface area contributed by atoms with Crippen LogP contribution in [0.2, 0.25) is 0 Å². The number of rotatable bonds is 5. The zero-order valence-corrected chi connectivity index (χ0v) is 15.3. The highest BCUT2D eigenvalue weighted by Crippen LogP contribution is 2.24. The van der Waals surface area contributed by atoms with Crippen molar-refractivity contribution in [1.29, 1.82) is 0 Å². The summed E-state index contributed by atoms with van der Waals surface area (Å²) in [4.78, 5) is 40.1. The van der Waals surface area contributed by atoms with E-state index in [1.165, 1.54) is 4.90 Å². The Morgan fingerprint density at radius 3 is 2.42 bits per heavy atom. The Hall–Kier alpha value is -2.95. The molecule has 0 N–H and O–H groups in total. The second-order valence-corrected chi connectivity index (χ2v) is 6.74. The Morgan fingerprint density at radius 2 is 1.69 bits per heavy atom. The lowest BCUT2D eigenvalue weighted by atomic mass is 10.1. The van der Waals surface area contributed by atoms with E-state index in [1.807, 2.05) is 44.2 Å². The fourth-order valence-corrected chi connectivity index (χ4v) is 3.14. The molecular formula is C21H22N2O3. The van der Waals surface area contributed by atoms with Gasteiger partial charge in [0.15, 0.2) is 0 Å². The van der Waals surface area contributed by atoms with Crippen LogP contribution in [0.5, 0.6) is 0 Å². The first-order valence-corrected chi connectivity index (χ1v) is 8.64. The minimum absolute atomic E-state index is 0.0963. The van der Waals surface area contributed by atoms with Crippen LogP contribution in [0.3, 0.4) is 0 Å². The molecule has 3 amide bonds. The second kappa shape index (κ2) is 7.12. The van der Waals surface area contributed by atoms with E-state index < -0.39 is 0 Å². The van der Waals surface area contributed by atoms with Crippen molar-refractivity contribution in [1.82, 2.24) is 9.80 Å². The number of carbonyl (C=O) groups is 3. The van der Waals surface area contributed by atoms with E-state index in [4.69, 9.17) is 0 Å². The molecule has 2 aromatic rings. The molecule has 0 unspecified atom stereocenters. The summed E-state index contributed by atoms with van der Waals surface area (Å²) in [5.41, 5.74) is 3.99. The van der Waals surface area contributed by atoms with Gasteiger partial charge >= 0.3 is 0 Å². The van der Waals surface area contributed by atoms with E-state index in [1.54, 1.807) is 24.1 Å². The summed E-state index contributed by atoms with van der Waals surface area (Å²) in [5, 5.41) is 0. The smallest absolute Gasteiger partial charge is 0.261 e. The van der Waals surface area contributed by atoms with Crippen molar-refractivity contribution < 1.29 is 14.4 Å². The molecule has 26 heavy (non-hydrogen) atoms. The van der Waals surface area contributed by atoms with Crippen LogP contribution in [0.4, 0.5) is 0 Å². The molecule has 3 rings (SSSR count). The van der Waals surface area contributed by atoms with Crippen LogP contribution in [-0.2, 0) is 11.3 Å². The Kier molecular flexibility index (Phi) is 4.89. The van der Waals surface area contributed by atoms with Gasteiger partial charge in [0.05, 0.1) is 11.1 Å². The molecule has 0 fully saturated rings. The predicted octanol–water partition coefficient (Wildman–Crippen LogP) is 2.95. The maximum atomic E-state index is 12.5. The quantitative estimate of drug-likeness (QED) is 0.779. The number of carbonyl (C=O) groups excluding carboxylic acids is 3. The molecule has 0 spiro atoms. The van der Waals surface area contributed by atoms with E-state index in [9.17, 15) is 14.4 Å². The molecule has 0 bridgehead atoms. The highest BCUT2D eigenvalue weighted by atomic mass is 16.2. The van der Waals surface area contributed by atoms with Crippen molar-refractivity contribution in [2.24, 2.45) is 0 Å². The molecule has 0 saturated carbocycles. The van der Waals surface area contributed by atoms with Crippen LogP contribution < -0.4 is 0 Å². The molecule has 0 saturated heterocycles. The number of hydrogen-bond donors (Lipinski definition) is 0. The molecule has 5 heteroatoms. The van der Waals surface area contributed by atoms with Gasteiger partial charge in [-0.15, -0.1) is 0 Å². The van der Waals surface area contributed by atoms with Crippen LogP contribution in [0, 0.1) is 13.8 Å². The lowest BCUT2D eigenvalue weighted by Crippen LogP contribution is -2.35.